The largest absolute Gasteiger partial charge is 0.497 e. The highest BCUT2D eigenvalue weighted by atomic mass is 35.5. The molecule has 200 valence electrons. The second-order valence-corrected chi connectivity index (χ2v) is 12.0. The number of rotatable bonds is 6. The van der Waals surface area contributed by atoms with Gasteiger partial charge in [0.25, 0.3) is 0 Å². The highest BCUT2D eigenvalue weighted by Gasteiger charge is 2.38. The van der Waals surface area contributed by atoms with Crippen LogP contribution in [0.5, 0.6) is 5.75 Å². The van der Waals surface area contributed by atoms with Crippen molar-refractivity contribution in [1.82, 2.24) is 14.7 Å². The summed E-state index contributed by atoms with van der Waals surface area (Å²) >= 11 is 9.47. The van der Waals surface area contributed by atoms with E-state index >= 15 is 0 Å². The number of hydrogen-bond donors (Lipinski definition) is 0. The van der Waals surface area contributed by atoms with Crippen LogP contribution in [0.25, 0.3) is 16.9 Å². The lowest BCUT2D eigenvalue weighted by Crippen LogP contribution is -2.43. The molecule has 2 amide bonds. The molecule has 1 fully saturated rings. The number of hydrogen-bond acceptors (Lipinski definition) is 6. The van der Waals surface area contributed by atoms with Crippen molar-refractivity contribution < 1.29 is 14.3 Å². The van der Waals surface area contributed by atoms with Gasteiger partial charge in [-0.3, -0.25) is 14.5 Å². The second-order valence-electron chi connectivity index (χ2n) is 9.48. The molecule has 0 spiro atoms. The lowest BCUT2D eigenvalue weighted by atomic mass is 10.0. The van der Waals surface area contributed by atoms with E-state index in [4.69, 9.17) is 21.4 Å². The Kier molecular flexibility index (Phi) is 7.38. The van der Waals surface area contributed by atoms with Gasteiger partial charge in [0, 0.05) is 34.1 Å². The number of halogens is 1. The van der Waals surface area contributed by atoms with Gasteiger partial charge in [0.15, 0.2) is 0 Å². The predicted molar refractivity (Wildman–Crippen MR) is 157 cm³/mol. The van der Waals surface area contributed by atoms with E-state index in [0.717, 1.165) is 59.1 Å². The number of methoxy groups -OCH3 is 1. The number of nitrogens with zero attached hydrogens (tertiary/aromatic N) is 4. The van der Waals surface area contributed by atoms with Crippen LogP contribution in [-0.2, 0) is 9.59 Å². The number of aromatic nitrogens is 2. The number of thiophene rings is 1. The number of carbonyl (C=O) groups is 2. The van der Waals surface area contributed by atoms with Crippen LogP contribution in [0.4, 0.5) is 5.82 Å². The first-order valence-electron chi connectivity index (χ1n) is 12.8. The van der Waals surface area contributed by atoms with Crippen LogP contribution < -0.4 is 9.64 Å². The number of benzene rings is 2. The van der Waals surface area contributed by atoms with Gasteiger partial charge in [0.1, 0.15) is 18.1 Å². The van der Waals surface area contributed by atoms with Crippen LogP contribution >= 0.6 is 34.7 Å². The van der Waals surface area contributed by atoms with Crippen LogP contribution in [0.1, 0.15) is 28.5 Å². The zero-order chi connectivity index (χ0) is 26.9. The number of ether oxygens (including phenoxy) is 1. The number of thioether (sulfide) groups is 1. The molecule has 10 heteroatoms. The van der Waals surface area contributed by atoms with Gasteiger partial charge < -0.3 is 9.64 Å². The molecule has 0 bridgehead atoms. The van der Waals surface area contributed by atoms with E-state index < -0.39 is 0 Å². The first-order valence-corrected chi connectivity index (χ1v) is 15.1. The van der Waals surface area contributed by atoms with Gasteiger partial charge in [0.05, 0.1) is 29.5 Å². The number of fused-ring (bicyclic) bond motifs is 1. The zero-order valence-corrected chi connectivity index (χ0v) is 23.8. The summed E-state index contributed by atoms with van der Waals surface area (Å²) in [5, 5.41) is 7.67. The number of carbonyl (C=O) groups excluding carboxylic acids is 2. The molecule has 0 N–H and O–H groups in total. The molecule has 2 aliphatic heterocycles. The van der Waals surface area contributed by atoms with E-state index in [2.05, 4.69) is 6.07 Å². The second kappa shape index (κ2) is 11.1. The van der Waals surface area contributed by atoms with Crippen molar-refractivity contribution in [2.45, 2.75) is 18.1 Å². The molecular weight excluding hydrogens is 552 g/mol. The lowest BCUT2D eigenvalue weighted by Gasteiger charge is -2.25. The Morgan fingerprint density at radius 2 is 1.82 bits per heavy atom. The summed E-state index contributed by atoms with van der Waals surface area (Å²) < 4.78 is 7.18. The summed E-state index contributed by atoms with van der Waals surface area (Å²) in [5.41, 5.74) is 3.35. The SMILES string of the molecule is COc1ccc(-n2nc(-c3ccc(Cl)cc3)c3c2N(CC(=O)N2CCCC2)C(=O)CSC3c2cccs2)cc1. The summed E-state index contributed by atoms with van der Waals surface area (Å²) in [7, 11) is 1.63. The van der Waals surface area contributed by atoms with Crippen LogP contribution in [-0.4, -0.2) is 59.0 Å². The summed E-state index contributed by atoms with van der Waals surface area (Å²) in [5.74, 6) is 1.46. The standard InChI is InChI=1S/C29H27ClN4O3S2/c1-37-22-12-10-21(11-13-22)34-29-26(27(31-34)19-6-8-20(30)9-7-19)28(23-5-4-16-38-23)39-18-25(36)33(29)17-24(35)32-14-2-3-15-32/h4-13,16,28H,2-3,14-15,17-18H2,1H3. The Hall–Kier alpha value is -3.27. The third kappa shape index (κ3) is 5.06. The number of anilines is 1. The number of likely N-dealkylation sites (tertiary alicyclic amines) is 1. The van der Waals surface area contributed by atoms with Gasteiger partial charge in [-0.05, 0) is 60.7 Å². The van der Waals surface area contributed by atoms with Gasteiger partial charge in [-0.2, -0.15) is 5.10 Å². The first kappa shape index (κ1) is 26.0. The van der Waals surface area contributed by atoms with Crippen molar-refractivity contribution in [2.24, 2.45) is 0 Å². The van der Waals surface area contributed by atoms with Crippen LogP contribution in [0.3, 0.4) is 0 Å². The molecule has 39 heavy (non-hydrogen) atoms. The topological polar surface area (TPSA) is 67.7 Å². The molecule has 1 atom stereocenters. The summed E-state index contributed by atoms with van der Waals surface area (Å²) in [4.78, 5) is 31.8. The normalized spacial score (nSPS) is 17.3. The maximum atomic E-state index is 13.8. The van der Waals surface area contributed by atoms with Crippen molar-refractivity contribution in [3.63, 3.8) is 0 Å². The Balaban J connectivity index is 1.58. The van der Waals surface area contributed by atoms with Crippen LogP contribution in [0.2, 0.25) is 5.02 Å². The van der Waals surface area contributed by atoms with Gasteiger partial charge in [-0.15, -0.1) is 23.1 Å². The predicted octanol–water partition coefficient (Wildman–Crippen LogP) is 6.05. The first-order chi connectivity index (χ1) is 19.0. The van der Waals surface area contributed by atoms with Gasteiger partial charge in [-0.25, -0.2) is 4.68 Å². The Morgan fingerprint density at radius 3 is 2.49 bits per heavy atom. The molecule has 4 aromatic rings. The Morgan fingerprint density at radius 1 is 1.08 bits per heavy atom. The zero-order valence-electron chi connectivity index (χ0n) is 21.4. The highest BCUT2D eigenvalue weighted by Crippen LogP contribution is 2.49. The molecule has 1 saturated heterocycles. The van der Waals surface area contributed by atoms with E-state index in [0.29, 0.717) is 10.8 Å². The van der Waals surface area contributed by atoms with E-state index in [-0.39, 0.29) is 29.4 Å². The van der Waals surface area contributed by atoms with Gasteiger partial charge >= 0.3 is 0 Å². The monoisotopic (exact) mass is 578 g/mol. The average Bonchev–Trinajstić information content (AvgIpc) is 3.73. The third-order valence-electron chi connectivity index (χ3n) is 7.08. The van der Waals surface area contributed by atoms with Crippen LogP contribution in [0, 0.1) is 0 Å². The molecule has 2 aliphatic rings. The fourth-order valence-corrected chi connectivity index (χ4v) is 7.41. The maximum Gasteiger partial charge on any atom is 0.242 e. The fourth-order valence-electron chi connectivity index (χ4n) is 5.11. The molecule has 6 rings (SSSR count). The van der Waals surface area contributed by atoms with E-state index in [1.165, 1.54) is 0 Å². The van der Waals surface area contributed by atoms with Gasteiger partial charge in [-0.1, -0.05) is 29.8 Å². The minimum absolute atomic E-state index is 0.0224. The smallest absolute Gasteiger partial charge is 0.242 e. The molecular formula is C29H27ClN4O3S2. The lowest BCUT2D eigenvalue weighted by molar-refractivity contribution is -0.130. The summed E-state index contributed by atoms with van der Waals surface area (Å²) in [6, 6.07) is 19.3. The van der Waals surface area contributed by atoms with E-state index in [9.17, 15) is 9.59 Å². The number of amides is 2. The van der Waals surface area contributed by atoms with Gasteiger partial charge in [0.2, 0.25) is 11.8 Å². The van der Waals surface area contributed by atoms with Crippen molar-refractivity contribution in [3.8, 4) is 22.7 Å². The molecule has 2 aromatic heterocycles. The molecule has 0 saturated carbocycles. The third-order valence-corrected chi connectivity index (χ3v) is 9.65. The molecule has 1 unspecified atom stereocenters. The molecule has 0 radical (unpaired) electrons. The van der Waals surface area contributed by atoms with E-state index in [1.807, 2.05) is 64.9 Å². The Labute approximate surface area is 240 Å². The van der Waals surface area contributed by atoms with Crippen molar-refractivity contribution in [2.75, 3.05) is 37.4 Å². The molecule has 4 heterocycles. The molecule has 0 aliphatic carbocycles. The average molecular weight is 579 g/mol. The Bertz CT molecular complexity index is 1480. The fraction of sp³-hybridized carbons (Fsp3) is 0.276. The molecule has 2 aromatic carbocycles. The minimum atomic E-state index is -0.131. The maximum absolute atomic E-state index is 13.8. The summed E-state index contributed by atoms with van der Waals surface area (Å²) in [6.45, 7) is 1.44. The highest BCUT2D eigenvalue weighted by molar-refractivity contribution is 8.00. The molecule has 7 nitrogen and oxygen atoms in total. The minimum Gasteiger partial charge on any atom is -0.497 e. The van der Waals surface area contributed by atoms with Crippen molar-refractivity contribution in [3.05, 3.63) is 81.5 Å². The quantitative estimate of drug-likeness (QED) is 0.278. The van der Waals surface area contributed by atoms with Crippen molar-refractivity contribution >= 4 is 52.3 Å². The van der Waals surface area contributed by atoms with Crippen LogP contribution in [0.15, 0.2) is 66.0 Å². The summed E-state index contributed by atoms with van der Waals surface area (Å²) in [6.07, 6.45) is 1.98. The van der Waals surface area contributed by atoms with Crippen molar-refractivity contribution in [1.29, 1.82) is 0 Å². The van der Waals surface area contributed by atoms with E-state index in [1.54, 1.807) is 39.8 Å².